The molecule has 0 aromatic rings. The number of nitrogens with one attached hydrogen (secondary N) is 1. The van der Waals surface area contributed by atoms with E-state index in [1.54, 1.807) is 0 Å². The Kier molecular flexibility index (Phi) is 6.89. The molecule has 17 heavy (non-hydrogen) atoms. The Labute approximate surface area is 110 Å². The Morgan fingerprint density at radius 2 is 1.94 bits per heavy atom. The monoisotopic (exact) mass is 279 g/mol. The van der Waals surface area contributed by atoms with Crippen LogP contribution < -0.4 is 5.32 Å². The quantitative estimate of drug-likeness (QED) is 0.737. The molecule has 0 aromatic heterocycles. The number of hydrogen-bond donors (Lipinski definition) is 1. The van der Waals surface area contributed by atoms with Crippen LogP contribution in [0.5, 0.6) is 0 Å². The molecule has 1 aliphatic rings. The molecule has 3 nitrogen and oxygen atoms in total. The highest BCUT2D eigenvalue weighted by atomic mass is 32.2. The molecule has 1 aliphatic heterocycles. The van der Waals surface area contributed by atoms with E-state index in [4.69, 9.17) is 0 Å². The van der Waals surface area contributed by atoms with E-state index in [9.17, 15) is 8.42 Å². The summed E-state index contributed by atoms with van der Waals surface area (Å²) in [7, 11) is -2.80. The summed E-state index contributed by atoms with van der Waals surface area (Å²) in [6.45, 7) is 5.13. The maximum absolute atomic E-state index is 11.7. The molecule has 1 fully saturated rings. The van der Waals surface area contributed by atoms with Gasteiger partial charge in [-0.3, -0.25) is 0 Å². The van der Waals surface area contributed by atoms with Gasteiger partial charge in [-0.05, 0) is 37.5 Å². The minimum Gasteiger partial charge on any atom is -0.313 e. The van der Waals surface area contributed by atoms with Crippen molar-refractivity contribution in [2.45, 2.75) is 39.2 Å². The summed E-state index contributed by atoms with van der Waals surface area (Å²) in [6.07, 6.45) is 2.71. The van der Waals surface area contributed by atoms with Crippen LogP contribution in [0.4, 0.5) is 0 Å². The van der Waals surface area contributed by atoms with Crippen LogP contribution >= 0.6 is 11.8 Å². The third-order valence-corrected chi connectivity index (χ3v) is 6.32. The number of rotatable bonds is 8. The first-order valence-electron chi connectivity index (χ1n) is 6.60. The lowest BCUT2D eigenvalue weighted by Crippen LogP contribution is -2.36. The standard InChI is InChI=1S/C12H25NO2S2/c1-3-6-13-12-10-16-9-11(12)5-8-17(14,15)7-4-2/h11-13H,3-10H2,1-2H3. The van der Waals surface area contributed by atoms with E-state index in [0.717, 1.165) is 37.3 Å². The highest BCUT2D eigenvalue weighted by molar-refractivity contribution is 7.99. The fourth-order valence-corrected chi connectivity index (χ4v) is 5.15. The van der Waals surface area contributed by atoms with E-state index < -0.39 is 9.84 Å². The smallest absolute Gasteiger partial charge is 0.150 e. The van der Waals surface area contributed by atoms with Gasteiger partial charge >= 0.3 is 0 Å². The molecule has 0 saturated carbocycles. The predicted octanol–water partition coefficient (Wildman–Crippen LogP) is 1.93. The lowest BCUT2D eigenvalue weighted by Gasteiger charge is -2.19. The first-order chi connectivity index (χ1) is 8.09. The highest BCUT2D eigenvalue weighted by Gasteiger charge is 2.28. The summed E-state index contributed by atoms with van der Waals surface area (Å²) in [4.78, 5) is 0. The van der Waals surface area contributed by atoms with Crippen LogP contribution in [0.3, 0.4) is 0 Å². The summed E-state index contributed by atoms with van der Waals surface area (Å²) in [5.74, 6) is 3.51. The van der Waals surface area contributed by atoms with Gasteiger partial charge in [0.05, 0.1) is 5.75 Å². The molecule has 2 atom stereocenters. The van der Waals surface area contributed by atoms with Crippen LogP contribution in [-0.2, 0) is 9.84 Å². The third kappa shape index (κ3) is 5.62. The summed E-state index contributed by atoms with van der Waals surface area (Å²) in [5, 5.41) is 3.53. The molecule has 1 N–H and O–H groups in total. The van der Waals surface area contributed by atoms with Crippen molar-refractivity contribution in [3.63, 3.8) is 0 Å². The molecule has 5 heteroatoms. The van der Waals surface area contributed by atoms with Crippen molar-refractivity contribution in [1.82, 2.24) is 5.32 Å². The SMILES string of the molecule is CCCNC1CSCC1CCS(=O)(=O)CCC. The van der Waals surface area contributed by atoms with Crippen molar-refractivity contribution in [1.29, 1.82) is 0 Å². The van der Waals surface area contributed by atoms with E-state index in [0.29, 0.717) is 23.5 Å². The molecule has 0 bridgehead atoms. The number of thioether (sulfide) groups is 1. The van der Waals surface area contributed by atoms with Gasteiger partial charge < -0.3 is 5.32 Å². The van der Waals surface area contributed by atoms with Crippen LogP contribution in [0, 0.1) is 5.92 Å². The van der Waals surface area contributed by atoms with Gasteiger partial charge in [0.25, 0.3) is 0 Å². The normalized spacial score (nSPS) is 25.3. The van der Waals surface area contributed by atoms with Gasteiger partial charge in [-0.1, -0.05) is 13.8 Å². The van der Waals surface area contributed by atoms with E-state index in [-0.39, 0.29) is 0 Å². The topological polar surface area (TPSA) is 46.2 Å². The molecule has 0 aliphatic carbocycles. The second kappa shape index (κ2) is 7.64. The summed E-state index contributed by atoms with van der Waals surface area (Å²) in [6, 6.07) is 0.525. The zero-order valence-electron chi connectivity index (χ0n) is 10.9. The Bertz CT molecular complexity index is 304. The fourth-order valence-electron chi connectivity index (χ4n) is 2.18. The average molecular weight is 279 g/mol. The Hall–Kier alpha value is 0.260. The third-order valence-electron chi connectivity index (χ3n) is 3.17. The first kappa shape index (κ1) is 15.3. The van der Waals surface area contributed by atoms with Crippen molar-refractivity contribution in [2.24, 2.45) is 5.92 Å². The van der Waals surface area contributed by atoms with Gasteiger partial charge in [0, 0.05) is 17.5 Å². The second-order valence-electron chi connectivity index (χ2n) is 4.80. The molecule has 2 unspecified atom stereocenters. The minimum absolute atomic E-state index is 0.347. The number of sulfone groups is 1. The summed E-state index contributed by atoms with van der Waals surface area (Å²) in [5.41, 5.74) is 0. The maximum atomic E-state index is 11.7. The van der Waals surface area contributed by atoms with Gasteiger partial charge in [-0.25, -0.2) is 8.42 Å². The molecular formula is C12H25NO2S2. The number of hydrogen-bond acceptors (Lipinski definition) is 4. The van der Waals surface area contributed by atoms with E-state index in [1.807, 2.05) is 18.7 Å². The molecule has 0 aromatic carbocycles. The molecular weight excluding hydrogens is 254 g/mol. The van der Waals surface area contributed by atoms with E-state index in [2.05, 4.69) is 12.2 Å². The van der Waals surface area contributed by atoms with Crippen molar-refractivity contribution in [3.8, 4) is 0 Å². The minimum atomic E-state index is -2.80. The van der Waals surface area contributed by atoms with Crippen molar-refractivity contribution in [2.75, 3.05) is 29.6 Å². The fraction of sp³-hybridized carbons (Fsp3) is 1.00. The van der Waals surface area contributed by atoms with Crippen molar-refractivity contribution < 1.29 is 8.42 Å². The Morgan fingerprint density at radius 1 is 1.18 bits per heavy atom. The van der Waals surface area contributed by atoms with Gasteiger partial charge in [0.2, 0.25) is 0 Å². The van der Waals surface area contributed by atoms with Crippen molar-refractivity contribution >= 4 is 21.6 Å². The second-order valence-corrected chi connectivity index (χ2v) is 8.18. The average Bonchev–Trinajstić information content (AvgIpc) is 2.71. The summed E-state index contributed by atoms with van der Waals surface area (Å²) < 4.78 is 23.4. The van der Waals surface area contributed by atoms with Crippen LogP contribution in [0.25, 0.3) is 0 Å². The lowest BCUT2D eigenvalue weighted by molar-refractivity contribution is 0.417. The van der Waals surface area contributed by atoms with Crippen LogP contribution in [-0.4, -0.2) is 44.0 Å². The van der Waals surface area contributed by atoms with Gasteiger partial charge in [-0.15, -0.1) is 0 Å². The zero-order valence-corrected chi connectivity index (χ0v) is 12.6. The van der Waals surface area contributed by atoms with Gasteiger partial charge in [0.1, 0.15) is 9.84 Å². The molecule has 0 spiro atoms. The van der Waals surface area contributed by atoms with Crippen LogP contribution in [0.2, 0.25) is 0 Å². The molecule has 0 amide bonds. The first-order valence-corrected chi connectivity index (χ1v) is 9.58. The van der Waals surface area contributed by atoms with Gasteiger partial charge in [0.15, 0.2) is 0 Å². The largest absolute Gasteiger partial charge is 0.313 e. The molecule has 0 radical (unpaired) electrons. The Balaban J connectivity index is 2.35. The zero-order chi connectivity index (χ0) is 12.7. The van der Waals surface area contributed by atoms with Crippen LogP contribution in [0.15, 0.2) is 0 Å². The molecule has 1 rings (SSSR count). The highest BCUT2D eigenvalue weighted by Crippen LogP contribution is 2.27. The van der Waals surface area contributed by atoms with E-state index in [1.165, 1.54) is 0 Å². The predicted molar refractivity (Wildman–Crippen MR) is 76.5 cm³/mol. The lowest BCUT2D eigenvalue weighted by atomic mass is 10.0. The summed E-state index contributed by atoms with van der Waals surface area (Å²) >= 11 is 1.95. The van der Waals surface area contributed by atoms with Gasteiger partial charge in [-0.2, -0.15) is 11.8 Å². The molecule has 1 saturated heterocycles. The van der Waals surface area contributed by atoms with Crippen molar-refractivity contribution in [3.05, 3.63) is 0 Å². The molecule has 102 valence electrons. The Morgan fingerprint density at radius 3 is 2.59 bits per heavy atom. The van der Waals surface area contributed by atoms with E-state index >= 15 is 0 Å². The molecule has 1 heterocycles. The van der Waals surface area contributed by atoms with Crippen LogP contribution in [0.1, 0.15) is 33.1 Å². The maximum Gasteiger partial charge on any atom is 0.150 e.